The number of nitrogens with two attached hydrogens (primary N) is 1. The first-order valence-electron chi connectivity index (χ1n) is 13.0. The summed E-state index contributed by atoms with van der Waals surface area (Å²) in [4.78, 5) is 0. The molecule has 0 heterocycles. The standard InChI is InChI=1S/C34H33N/c1-23-18-26-14-8-9-15-28(26)30-17-16-29-31(20-25-12-6-3-7-13-25)33(22-35)27(21-32(29)34(23)30)19-24-10-4-2-5-11-24/h2-17,23,27H,18-22,35H2,1H3. The highest BCUT2D eigenvalue weighted by Gasteiger charge is 2.32. The van der Waals surface area contributed by atoms with Crippen LogP contribution in [-0.2, 0) is 25.7 Å². The van der Waals surface area contributed by atoms with E-state index in [1.807, 2.05) is 0 Å². The normalized spacial score (nSPS) is 18.6. The molecule has 35 heavy (non-hydrogen) atoms. The first-order chi connectivity index (χ1) is 17.2. The van der Waals surface area contributed by atoms with Crippen LogP contribution in [0.15, 0.2) is 103 Å². The van der Waals surface area contributed by atoms with Gasteiger partial charge in [-0.15, -0.1) is 0 Å². The molecule has 2 aliphatic carbocycles. The Hall–Kier alpha value is -3.42. The third-order valence-corrected chi connectivity index (χ3v) is 8.11. The lowest BCUT2D eigenvalue weighted by molar-refractivity contribution is 0.577. The Kier molecular flexibility index (Phi) is 5.88. The minimum atomic E-state index is 0.435. The number of fused-ring (bicyclic) bond motifs is 5. The van der Waals surface area contributed by atoms with Crippen LogP contribution in [0.5, 0.6) is 0 Å². The summed E-state index contributed by atoms with van der Waals surface area (Å²) in [7, 11) is 0. The van der Waals surface area contributed by atoms with Crippen LogP contribution in [0, 0.1) is 5.92 Å². The second-order valence-corrected chi connectivity index (χ2v) is 10.3. The monoisotopic (exact) mass is 455 g/mol. The van der Waals surface area contributed by atoms with E-state index >= 15 is 0 Å². The van der Waals surface area contributed by atoms with Gasteiger partial charge in [0.15, 0.2) is 0 Å². The van der Waals surface area contributed by atoms with Crippen LogP contribution in [0.2, 0.25) is 0 Å². The van der Waals surface area contributed by atoms with Gasteiger partial charge in [0.1, 0.15) is 0 Å². The van der Waals surface area contributed by atoms with Crippen molar-refractivity contribution in [2.75, 3.05) is 6.54 Å². The molecule has 2 unspecified atom stereocenters. The number of hydrogen-bond acceptors (Lipinski definition) is 1. The summed E-state index contributed by atoms with van der Waals surface area (Å²) in [6, 6.07) is 35.6. The van der Waals surface area contributed by atoms with E-state index in [0.717, 1.165) is 25.7 Å². The molecule has 0 amide bonds. The van der Waals surface area contributed by atoms with Crippen LogP contribution in [-0.4, -0.2) is 6.54 Å². The van der Waals surface area contributed by atoms with E-state index in [0.29, 0.717) is 18.4 Å². The third-order valence-electron chi connectivity index (χ3n) is 8.11. The van der Waals surface area contributed by atoms with Crippen molar-refractivity contribution in [3.63, 3.8) is 0 Å². The first kappa shape index (κ1) is 22.1. The van der Waals surface area contributed by atoms with Crippen molar-refractivity contribution in [3.8, 4) is 11.1 Å². The number of rotatable bonds is 5. The average molecular weight is 456 g/mol. The molecule has 2 N–H and O–H groups in total. The molecule has 1 nitrogen and oxygen atoms in total. The molecule has 1 heteroatoms. The van der Waals surface area contributed by atoms with Gasteiger partial charge in [0.25, 0.3) is 0 Å². The maximum Gasteiger partial charge on any atom is 0.0146 e. The molecule has 0 aromatic heterocycles. The van der Waals surface area contributed by atoms with Gasteiger partial charge in [0.05, 0.1) is 0 Å². The summed E-state index contributed by atoms with van der Waals surface area (Å²) < 4.78 is 0. The predicted octanol–water partition coefficient (Wildman–Crippen LogP) is 7.38. The van der Waals surface area contributed by atoms with Crippen LogP contribution >= 0.6 is 0 Å². The van der Waals surface area contributed by atoms with Crippen molar-refractivity contribution in [2.45, 2.75) is 38.5 Å². The van der Waals surface area contributed by atoms with Gasteiger partial charge in [0, 0.05) is 6.54 Å². The Bertz CT molecular complexity index is 1380. The van der Waals surface area contributed by atoms with E-state index in [2.05, 4.69) is 104 Å². The largest absolute Gasteiger partial charge is 0.327 e. The van der Waals surface area contributed by atoms with Gasteiger partial charge in [-0.05, 0) is 93.2 Å². The molecule has 0 saturated carbocycles. The van der Waals surface area contributed by atoms with Crippen LogP contribution in [0.3, 0.4) is 0 Å². The molecule has 4 aromatic rings. The smallest absolute Gasteiger partial charge is 0.0146 e. The molecule has 174 valence electrons. The maximum absolute atomic E-state index is 6.52. The number of benzene rings is 4. The van der Waals surface area contributed by atoms with E-state index in [9.17, 15) is 0 Å². The third kappa shape index (κ3) is 4.05. The number of allylic oxidation sites excluding steroid dienone is 1. The second-order valence-electron chi connectivity index (χ2n) is 10.3. The number of hydrogen-bond donors (Lipinski definition) is 1. The van der Waals surface area contributed by atoms with Gasteiger partial charge >= 0.3 is 0 Å². The van der Waals surface area contributed by atoms with Gasteiger partial charge < -0.3 is 5.73 Å². The second kappa shape index (κ2) is 9.32. The maximum atomic E-state index is 6.52. The van der Waals surface area contributed by atoms with E-state index in [1.165, 1.54) is 44.5 Å². The minimum absolute atomic E-state index is 0.435. The Labute approximate surface area is 209 Å². The van der Waals surface area contributed by atoms with Crippen LogP contribution in [0.25, 0.3) is 16.7 Å². The van der Waals surface area contributed by atoms with Crippen LogP contribution < -0.4 is 5.73 Å². The molecule has 0 spiro atoms. The summed E-state index contributed by atoms with van der Waals surface area (Å²) in [6.45, 7) is 3.04. The molecular formula is C34H33N. The molecule has 6 rings (SSSR count). The molecule has 0 saturated heterocycles. The molecule has 0 fully saturated rings. The summed E-state index contributed by atoms with van der Waals surface area (Å²) in [5.41, 5.74) is 21.1. The van der Waals surface area contributed by atoms with Gasteiger partial charge in [-0.1, -0.05) is 104 Å². The van der Waals surface area contributed by atoms with Crippen molar-refractivity contribution in [2.24, 2.45) is 11.7 Å². The molecular weight excluding hydrogens is 422 g/mol. The average Bonchev–Trinajstić information content (AvgIpc) is 2.89. The lowest BCUT2D eigenvalue weighted by Crippen LogP contribution is -2.26. The SMILES string of the molecule is CC1Cc2ccccc2-c2ccc3c(c21)CC(Cc1ccccc1)C(CN)=C3Cc1ccccc1. The zero-order valence-corrected chi connectivity index (χ0v) is 20.5. The van der Waals surface area contributed by atoms with Crippen molar-refractivity contribution in [1.82, 2.24) is 0 Å². The van der Waals surface area contributed by atoms with Crippen molar-refractivity contribution in [3.05, 3.63) is 136 Å². The highest BCUT2D eigenvalue weighted by molar-refractivity contribution is 5.83. The van der Waals surface area contributed by atoms with Gasteiger partial charge in [-0.3, -0.25) is 0 Å². The zero-order valence-electron chi connectivity index (χ0n) is 20.5. The van der Waals surface area contributed by atoms with Gasteiger partial charge in [-0.2, -0.15) is 0 Å². The Balaban J connectivity index is 1.53. The van der Waals surface area contributed by atoms with E-state index in [-0.39, 0.29) is 0 Å². The Morgan fingerprint density at radius 3 is 2.09 bits per heavy atom. The Morgan fingerprint density at radius 1 is 0.686 bits per heavy atom. The highest BCUT2D eigenvalue weighted by Crippen LogP contribution is 2.47. The molecule has 4 aromatic carbocycles. The Morgan fingerprint density at radius 2 is 1.34 bits per heavy atom. The summed E-state index contributed by atoms with van der Waals surface area (Å²) in [6.07, 6.45) is 4.17. The fourth-order valence-electron chi connectivity index (χ4n) is 6.54. The molecule has 0 bridgehead atoms. The van der Waals surface area contributed by atoms with Gasteiger partial charge in [0.2, 0.25) is 0 Å². The topological polar surface area (TPSA) is 26.0 Å². The predicted molar refractivity (Wildman–Crippen MR) is 147 cm³/mol. The van der Waals surface area contributed by atoms with Crippen molar-refractivity contribution >= 4 is 5.57 Å². The molecule has 0 aliphatic heterocycles. The lowest BCUT2D eigenvalue weighted by Gasteiger charge is -2.36. The fraction of sp³-hybridized carbons (Fsp3) is 0.235. The van der Waals surface area contributed by atoms with E-state index in [4.69, 9.17) is 5.73 Å². The summed E-state index contributed by atoms with van der Waals surface area (Å²) in [5, 5.41) is 0. The molecule has 2 aliphatic rings. The summed E-state index contributed by atoms with van der Waals surface area (Å²) >= 11 is 0. The van der Waals surface area contributed by atoms with Crippen molar-refractivity contribution in [1.29, 1.82) is 0 Å². The minimum Gasteiger partial charge on any atom is -0.327 e. The molecule has 2 atom stereocenters. The highest BCUT2D eigenvalue weighted by atomic mass is 14.6. The van der Waals surface area contributed by atoms with Crippen LogP contribution in [0.1, 0.15) is 46.2 Å². The zero-order chi connectivity index (χ0) is 23.8. The van der Waals surface area contributed by atoms with Crippen molar-refractivity contribution < 1.29 is 0 Å². The van der Waals surface area contributed by atoms with E-state index < -0.39 is 0 Å². The lowest BCUT2D eigenvalue weighted by atomic mass is 9.68. The summed E-state index contributed by atoms with van der Waals surface area (Å²) in [5.74, 6) is 0.953. The van der Waals surface area contributed by atoms with E-state index in [1.54, 1.807) is 11.1 Å². The quantitative estimate of drug-likeness (QED) is 0.334. The first-order valence-corrected chi connectivity index (χ1v) is 13.0. The van der Waals surface area contributed by atoms with Gasteiger partial charge in [-0.25, -0.2) is 0 Å². The van der Waals surface area contributed by atoms with Crippen LogP contribution in [0.4, 0.5) is 0 Å². The fourth-order valence-corrected chi connectivity index (χ4v) is 6.54. The molecule has 0 radical (unpaired) electrons.